The summed E-state index contributed by atoms with van der Waals surface area (Å²) in [5.74, 6) is -0.655. The second-order valence-corrected chi connectivity index (χ2v) is 7.30. The highest BCUT2D eigenvalue weighted by Gasteiger charge is 2.19. The number of rotatable bonds is 5. The van der Waals surface area contributed by atoms with Crippen molar-refractivity contribution in [3.8, 4) is 17.1 Å². The molecule has 0 saturated carbocycles. The van der Waals surface area contributed by atoms with Crippen molar-refractivity contribution < 1.29 is 18.3 Å². The number of nitrogens with one attached hydrogen (secondary N) is 1. The second kappa shape index (κ2) is 8.44. The van der Waals surface area contributed by atoms with E-state index in [1.165, 1.54) is 24.3 Å². The van der Waals surface area contributed by atoms with E-state index in [1.54, 1.807) is 12.1 Å². The first-order valence-electron chi connectivity index (χ1n) is 9.73. The van der Waals surface area contributed by atoms with E-state index in [0.717, 1.165) is 11.1 Å². The van der Waals surface area contributed by atoms with Crippen molar-refractivity contribution >= 4 is 22.6 Å². The smallest absolute Gasteiger partial charge is 0.262 e. The minimum absolute atomic E-state index is 0.0329. The van der Waals surface area contributed by atoms with Gasteiger partial charge in [-0.15, -0.1) is 0 Å². The molecule has 6 heteroatoms. The van der Waals surface area contributed by atoms with E-state index in [9.17, 15) is 14.0 Å². The number of amides is 1. The summed E-state index contributed by atoms with van der Waals surface area (Å²) >= 11 is 0. The fraction of sp³-hybridized carbons (Fsp3) is 0.120. The molecule has 0 aliphatic carbocycles. The largest absolute Gasteiger partial charge is 0.476 e. The Kier molecular flexibility index (Phi) is 5.54. The van der Waals surface area contributed by atoms with Gasteiger partial charge in [-0.2, -0.15) is 0 Å². The molecule has 4 rings (SSSR count). The molecule has 0 bridgehead atoms. The van der Waals surface area contributed by atoms with Gasteiger partial charge in [-0.1, -0.05) is 35.9 Å². The van der Waals surface area contributed by atoms with Crippen molar-refractivity contribution in [3.05, 3.63) is 93.9 Å². The van der Waals surface area contributed by atoms with Crippen LogP contribution in [0.4, 0.5) is 10.1 Å². The lowest BCUT2D eigenvalue weighted by Gasteiger charge is -2.12. The quantitative estimate of drug-likeness (QED) is 0.483. The molecular weight excluding hydrogens is 397 g/mol. The highest BCUT2D eigenvalue weighted by Crippen LogP contribution is 2.31. The zero-order chi connectivity index (χ0) is 22.0. The summed E-state index contributed by atoms with van der Waals surface area (Å²) in [7, 11) is 0. The van der Waals surface area contributed by atoms with Crippen LogP contribution in [0.1, 0.15) is 11.1 Å². The van der Waals surface area contributed by atoms with Crippen molar-refractivity contribution in [2.24, 2.45) is 0 Å². The number of hydrogen-bond donors (Lipinski definition) is 1. The first kappa shape index (κ1) is 20.3. The molecule has 0 spiro atoms. The van der Waals surface area contributed by atoms with Crippen molar-refractivity contribution in [2.75, 3.05) is 11.9 Å². The van der Waals surface area contributed by atoms with Crippen molar-refractivity contribution in [3.63, 3.8) is 0 Å². The molecule has 0 radical (unpaired) electrons. The number of carbonyl (C=O) groups is 1. The predicted octanol–water partition coefficient (Wildman–Crippen LogP) is 5.23. The summed E-state index contributed by atoms with van der Waals surface area (Å²) in [5, 5.41) is 2.98. The molecule has 0 fully saturated rings. The lowest BCUT2D eigenvalue weighted by Crippen LogP contribution is -2.22. The Morgan fingerprint density at radius 2 is 1.65 bits per heavy atom. The van der Waals surface area contributed by atoms with E-state index in [0.29, 0.717) is 22.2 Å². The normalized spacial score (nSPS) is 10.8. The van der Waals surface area contributed by atoms with Crippen LogP contribution in [0.15, 0.2) is 75.9 Å². The summed E-state index contributed by atoms with van der Waals surface area (Å²) < 4.78 is 24.7. The Labute approximate surface area is 178 Å². The van der Waals surface area contributed by atoms with Crippen LogP contribution in [0.5, 0.6) is 5.75 Å². The summed E-state index contributed by atoms with van der Waals surface area (Å²) in [4.78, 5) is 25.5. The van der Waals surface area contributed by atoms with Gasteiger partial charge in [-0.25, -0.2) is 4.39 Å². The maximum Gasteiger partial charge on any atom is 0.262 e. The van der Waals surface area contributed by atoms with Crippen LogP contribution in [0.3, 0.4) is 0 Å². The highest BCUT2D eigenvalue weighted by molar-refractivity contribution is 5.92. The summed E-state index contributed by atoms with van der Waals surface area (Å²) in [6, 6.07) is 18.1. The Bertz CT molecular complexity index is 1310. The molecule has 0 aliphatic heterocycles. The topological polar surface area (TPSA) is 68.5 Å². The predicted molar refractivity (Wildman–Crippen MR) is 118 cm³/mol. The summed E-state index contributed by atoms with van der Waals surface area (Å²) in [6.45, 7) is 3.47. The zero-order valence-electron chi connectivity index (χ0n) is 17.1. The van der Waals surface area contributed by atoms with Crippen LogP contribution in [0, 0.1) is 19.7 Å². The molecule has 31 heavy (non-hydrogen) atoms. The van der Waals surface area contributed by atoms with E-state index in [2.05, 4.69) is 5.32 Å². The summed E-state index contributed by atoms with van der Waals surface area (Å²) in [5.41, 5.74) is 3.20. The number of hydrogen-bond acceptors (Lipinski definition) is 4. The molecule has 5 nitrogen and oxygen atoms in total. The minimum Gasteiger partial charge on any atom is -0.476 e. The average molecular weight is 417 g/mol. The molecule has 1 amide bonds. The molecule has 0 atom stereocenters. The van der Waals surface area contributed by atoms with Crippen LogP contribution in [0.2, 0.25) is 0 Å². The molecule has 0 unspecified atom stereocenters. The molecular formula is C25H20FNO4. The third kappa shape index (κ3) is 4.48. The Morgan fingerprint density at radius 1 is 0.968 bits per heavy atom. The Morgan fingerprint density at radius 3 is 2.35 bits per heavy atom. The molecule has 0 saturated heterocycles. The fourth-order valence-corrected chi connectivity index (χ4v) is 3.18. The first-order chi connectivity index (χ1) is 14.9. The van der Waals surface area contributed by atoms with Crippen molar-refractivity contribution in [1.29, 1.82) is 0 Å². The SMILES string of the molecule is Cc1ccc(-c2oc3cc(C)ccc3c(=O)c2OCC(=O)Nc2ccc(F)cc2)cc1. The first-order valence-corrected chi connectivity index (χ1v) is 9.73. The lowest BCUT2D eigenvalue weighted by atomic mass is 10.1. The standard InChI is InChI=1S/C25H20FNO4/c1-15-3-6-17(7-4-15)24-25(23(29)20-12-5-16(2)13-21(20)31-24)30-14-22(28)27-19-10-8-18(26)9-11-19/h3-13H,14H2,1-2H3,(H,27,28). The minimum atomic E-state index is -0.482. The van der Waals surface area contributed by atoms with Gasteiger partial charge in [0.25, 0.3) is 5.91 Å². The van der Waals surface area contributed by atoms with Gasteiger partial charge in [0, 0.05) is 11.3 Å². The van der Waals surface area contributed by atoms with E-state index in [-0.39, 0.29) is 16.9 Å². The molecule has 156 valence electrons. The van der Waals surface area contributed by atoms with Crippen LogP contribution in [-0.2, 0) is 4.79 Å². The maximum absolute atomic E-state index is 13.2. The van der Waals surface area contributed by atoms with Gasteiger partial charge >= 0.3 is 0 Å². The zero-order valence-corrected chi connectivity index (χ0v) is 17.1. The summed E-state index contributed by atoms with van der Waals surface area (Å²) in [6.07, 6.45) is 0. The molecule has 1 heterocycles. The molecule has 1 N–H and O–H groups in total. The van der Waals surface area contributed by atoms with E-state index in [4.69, 9.17) is 9.15 Å². The van der Waals surface area contributed by atoms with E-state index < -0.39 is 18.3 Å². The second-order valence-electron chi connectivity index (χ2n) is 7.30. The number of halogens is 1. The van der Waals surface area contributed by atoms with Gasteiger partial charge in [0.15, 0.2) is 12.4 Å². The number of anilines is 1. The molecule has 3 aromatic carbocycles. The lowest BCUT2D eigenvalue weighted by molar-refractivity contribution is -0.118. The highest BCUT2D eigenvalue weighted by atomic mass is 19.1. The number of ether oxygens (including phenoxy) is 1. The van der Waals surface area contributed by atoms with Crippen LogP contribution in [-0.4, -0.2) is 12.5 Å². The molecule has 0 aliphatic rings. The molecule has 4 aromatic rings. The van der Waals surface area contributed by atoms with Crippen LogP contribution >= 0.6 is 0 Å². The monoisotopic (exact) mass is 417 g/mol. The van der Waals surface area contributed by atoms with Gasteiger partial charge in [-0.3, -0.25) is 9.59 Å². The van der Waals surface area contributed by atoms with Gasteiger partial charge in [0.1, 0.15) is 11.4 Å². The van der Waals surface area contributed by atoms with Crippen LogP contribution in [0.25, 0.3) is 22.3 Å². The van der Waals surface area contributed by atoms with Gasteiger partial charge in [0.05, 0.1) is 5.39 Å². The molecule has 1 aromatic heterocycles. The Hall–Kier alpha value is -3.93. The average Bonchev–Trinajstić information content (AvgIpc) is 2.75. The number of aryl methyl sites for hydroxylation is 2. The van der Waals surface area contributed by atoms with E-state index in [1.807, 2.05) is 44.2 Å². The van der Waals surface area contributed by atoms with E-state index >= 15 is 0 Å². The van der Waals surface area contributed by atoms with Crippen molar-refractivity contribution in [2.45, 2.75) is 13.8 Å². The van der Waals surface area contributed by atoms with Gasteiger partial charge in [-0.05, 0) is 55.8 Å². The number of carbonyl (C=O) groups excluding carboxylic acids is 1. The third-order valence-electron chi connectivity index (χ3n) is 4.80. The van der Waals surface area contributed by atoms with Gasteiger partial charge in [0.2, 0.25) is 11.2 Å². The Balaban J connectivity index is 1.68. The van der Waals surface area contributed by atoms with Crippen LogP contribution < -0.4 is 15.5 Å². The maximum atomic E-state index is 13.2. The van der Waals surface area contributed by atoms with Gasteiger partial charge < -0.3 is 14.5 Å². The fourth-order valence-electron chi connectivity index (χ4n) is 3.18. The number of benzene rings is 3. The number of fused-ring (bicyclic) bond motifs is 1. The third-order valence-corrected chi connectivity index (χ3v) is 4.80. The van der Waals surface area contributed by atoms with Crippen molar-refractivity contribution in [1.82, 2.24) is 0 Å².